The number of ether oxygens (including phenoxy) is 1. The first-order valence-corrected chi connectivity index (χ1v) is 22.1. The Hall–Kier alpha value is -1.05. The molecule has 0 radical (unpaired) electrons. The zero-order valence-corrected chi connectivity index (χ0v) is 33.4. The third-order valence-corrected chi connectivity index (χ3v) is 10.0. The lowest BCUT2D eigenvalue weighted by Gasteiger charge is -2.06. The highest BCUT2D eigenvalue weighted by Gasteiger charge is 2.03. The van der Waals surface area contributed by atoms with E-state index in [0.717, 1.165) is 31.6 Å². The molecule has 0 amide bonds. The largest absolute Gasteiger partial charge is 0.466 e. The molecular weight excluding hydrogens is 585 g/mol. The molecule has 0 aliphatic rings. The average Bonchev–Trinajstić information content (AvgIpc) is 3.08. The van der Waals surface area contributed by atoms with Crippen molar-refractivity contribution in [2.75, 3.05) is 6.61 Å². The molecule has 2 heteroatoms. The number of unbranched alkanes of at least 4 members (excludes halogenated alkanes) is 30. The van der Waals surface area contributed by atoms with Gasteiger partial charge in [-0.15, -0.1) is 0 Å². The van der Waals surface area contributed by atoms with Crippen LogP contribution in [0.4, 0.5) is 0 Å². The summed E-state index contributed by atoms with van der Waals surface area (Å²) in [6.07, 6.45) is 57.1. The topological polar surface area (TPSA) is 26.3 Å². The van der Waals surface area contributed by atoms with Gasteiger partial charge in [0, 0.05) is 6.42 Å². The van der Waals surface area contributed by atoms with Crippen LogP contribution in [0.15, 0.2) is 24.3 Å². The normalized spacial score (nSPS) is 11.9. The summed E-state index contributed by atoms with van der Waals surface area (Å²) in [5, 5.41) is 0. The predicted molar refractivity (Wildman–Crippen MR) is 216 cm³/mol. The van der Waals surface area contributed by atoms with E-state index < -0.39 is 0 Å². The Balaban J connectivity index is 3.18. The van der Waals surface area contributed by atoms with Crippen molar-refractivity contribution in [3.05, 3.63) is 24.3 Å². The molecule has 0 atom stereocenters. The number of esters is 1. The fourth-order valence-corrected chi connectivity index (χ4v) is 6.71. The lowest BCUT2D eigenvalue weighted by molar-refractivity contribution is -0.143. The molecule has 0 aromatic carbocycles. The Morgan fingerprint density at radius 3 is 1.21 bits per heavy atom. The molecule has 0 saturated heterocycles. The van der Waals surface area contributed by atoms with Gasteiger partial charge in [0.2, 0.25) is 0 Å². The van der Waals surface area contributed by atoms with E-state index in [2.05, 4.69) is 45.1 Å². The molecular formula is C46H88O2. The molecule has 48 heavy (non-hydrogen) atoms. The van der Waals surface area contributed by atoms with Crippen molar-refractivity contribution in [2.24, 2.45) is 5.92 Å². The third-order valence-electron chi connectivity index (χ3n) is 10.0. The van der Waals surface area contributed by atoms with Crippen LogP contribution in [-0.2, 0) is 9.53 Å². The minimum absolute atomic E-state index is 0.0137. The van der Waals surface area contributed by atoms with Crippen molar-refractivity contribution >= 4 is 5.97 Å². The van der Waals surface area contributed by atoms with Crippen LogP contribution >= 0.6 is 0 Å². The van der Waals surface area contributed by atoms with Crippen LogP contribution in [0.5, 0.6) is 0 Å². The van der Waals surface area contributed by atoms with Crippen LogP contribution < -0.4 is 0 Å². The molecule has 0 aromatic heterocycles. The highest BCUT2D eigenvalue weighted by atomic mass is 16.5. The van der Waals surface area contributed by atoms with Crippen LogP contribution in [0, 0.1) is 5.92 Å². The highest BCUT2D eigenvalue weighted by molar-refractivity contribution is 5.69. The van der Waals surface area contributed by atoms with Gasteiger partial charge >= 0.3 is 5.97 Å². The Kier molecular flexibility index (Phi) is 41.2. The summed E-state index contributed by atoms with van der Waals surface area (Å²) in [4.78, 5) is 12.0. The smallest absolute Gasteiger partial charge is 0.305 e. The number of rotatable bonds is 40. The van der Waals surface area contributed by atoms with Crippen molar-refractivity contribution in [3.8, 4) is 0 Å². The van der Waals surface area contributed by atoms with E-state index in [1.54, 1.807) is 0 Å². The lowest BCUT2D eigenvalue weighted by Crippen LogP contribution is -2.05. The Bertz CT molecular complexity index is 663. The van der Waals surface area contributed by atoms with Gasteiger partial charge in [-0.3, -0.25) is 4.79 Å². The minimum atomic E-state index is 0.0137. The van der Waals surface area contributed by atoms with Crippen molar-refractivity contribution < 1.29 is 9.53 Å². The summed E-state index contributed by atoms with van der Waals surface area (Å²) >= 11 is 0. The number of hydrogen-bond acceptors (Lipinski definition) is 2. The number of carbonyl (C=O) groups excluding carboxylic acids is 1. The molecule has 0 aliphatic heterocycles. The van der Waals surface area contributed by atoms with Crippen LogP contribution in [0.25, 0.3) is 0 Å². The quantitative estimate of drug-likeness (QED) is 0.0368. The summed E-state index contributed by atoms with van der Waals surface area (Å²) < 4.78 is 5.46. The molecule has 284 valence electrons. The van der Waals surface area contributed by atoms with Gasteiger partial charge in [0.1, 0.15) is 0 Å². The maximum atomic E-state index is 12.0. The number of allylic oxidation sites excluding steroid dienone is 4. The van der Waals surface area contributed by atoms with E-state index in [4.69, 9.17) is 4.74 Å². The van der Waals surface area contributed by atoms with Crippen molar-refractivity contribution in [1.82, 2.24) is 0 Å². The summed E-state index contributed by atoms with van der Waals surface area (Å²) in [5.74, 6) is 0.899. The van der Waals surface area contributed by atoms with Crippen LogP contribution in [0.3, 0.4) is 0 Å². The summed E-state index contributed by atoms with van der Waals surface area (Å²) in [6, 6.07) is 0. The maximum absolute atomic E-state index is 12.0. The molecule has 0 saturated carbocycles. The van der Waals surface area contributed by atoms with Gasteiger partial charge in [-0.05, 0) is 50.9 Å². The molecule has 0 N–H and O–H groups in total. The fourth-order valence-electron chi connectivity index (χ4n) is 6.71. The van der Waals surface area contributed by atoms with Gasteiger partial charge in [0.25, 0.3) is 0 Å². The highest BCUT2D eigenvalue weighted by Crippen LogP contribution is 2.16. The second kappa shape index (κ2) is 42.1. The predicted octanol–water partition coefficient (Wildman–Crippen LogP) is 16.4. The Morgan fingerprint density at radius 1 is 0.438 bits per heavy atom. The monoisotopic (exact) mass is 673 g/mol. The molecule has 0 rings (SSSR count). The lowest BCUT2D eigenvalue weighted by atomic mass is 10.0. The van der Waals surface area contributed by atoms with E-state index in [1.807, 2.05) is 0 Å². The van der Waals surface area contributed by atoms with E-state index in [1.165, 1.54) is 199 Å². The van der Waals surface area contributed by atoms with Gasteiger partial charge in [0.15, 0.2) is 0 Å². The van der Waals surface area contributed by atoms with Gasteiger partial charge in [-0.1, -0.05) is 225 Å². The van der Waals surface area contributed by atoms with Crippen LogP contribution in [0.1, 0.15) is 252 Å². The molecule has 0 unspecified atom stereocenters. The maximum Gasteiger partial charge on any atom is 0.305 e. The van der Waals surface area contributed by atoms with Crippen LogP contribution in [0.2, 0.25) is 0 Å². The molecule has 0 fully saturated rings. The minimum Gasteiger partial charge on any atom is -0.466 e. The first kappa shape index (κ1) is 47.0. The molecule has 0 aliphatic carbocycles. The average molecular weight is 673 g/mol. The summed E-state index contributed by atoms with van der Waals surface area (Å²) in [5.41, 5.74) is 0. The van der Waals surface area contributed by atoms with E-state index in [0.29, 0.717) is 13.0 Å². The third kappa shape index (κ3) is 43.0. The molecule has 0 spiro atoms. The first-order chi connectivity index (χ1) is 23.7. The number of carbonyl (C=O) groups is 1. The fraction of sp³-hybridized carbons (Fsp3) is 0.891. The second-order valence-corrected chi connectivity index (χ2v) is 15.5. The van der Waals surface area contributed by atoms with E-state index >= 15 is 0 Å². The SMILES string of the molecule is CCCCC/C=C\C/C=C\CCCCCCCC(=O)OCCCCCCCCCCCCCCCCCCCCCCCCCC(C)C. The van der Waals surface area contributed by atoms with Gasteiger partial charge in [-0.2, -0.15) is 0 Å². The van der Waals surface area contributed by atoms with Crippen LogP contribution in [-0.4, -0.2) is 12.6 Å². The number of hydrogen-bond donors (Lipinski definition) is 0. The zero-order valence-electron chi connectivity index (χ0n) is 33.4. The van der Waals surface area contributed by atoms with Crippen molar-refractivity contribution in [2.45, 2.75) is 252 Å². The Morgan fingerprint density at radius 2 is 0.792 bits per heavy atom. The summed E-state index contributed by atoms with van der Waals surface area (Å²) in [7, 11) is 0. The first-order valence-electron chi connectivity index (χ1n) is 22.1. The molecule has 0 heterocycles. The molecule has 2 nitrogen and oxygen atoms in total. The van der Waals surface area contributed by atoms with Crippen molar-refractivity contribution in [1.29, 1.82) is 0 Å². The Labute approximate surface area is 303 Å². The zero-order chi connectivity index (χ0) is 34.9. The molecule has 0 aromatic rings. The second-order valence-electron chi connectivity index (χ2n) is 15.5. The molecule has 0 bridgehead atoms. The standard InChI is InChI=1S/C46H88O2/c1-4-5-6-7-8-9-10-11-21-25-28-31-34-37-40-43-46(47)48-44-41-38-35-32-29-26-23-20-18-16-14-12-13-15-17-19-22-24-27-30-33-36-39-42-45(2)3/h8-9,11,21,45H,4-7,10,12-20,22-44H2,1-3H3/b9-8-,21-11-. The van der Waals surface area contributed by atoms with E-state index in [9.17, 15) is 4.79 Å². The van der Waals surface area contributed by atoms with Gasteiger partial charge < -0.3 is 4.74 Å². The van der Waals surface area contributed by atoms with Crippen molar-refractivity contribution in [3.63, 3.8) is 0 Å². The summed E-state index contributed by atoms with van der Waals surface area (Å²) in [6.45, 7) is 7.57. The van der Waals surface area contributed by atoms with E-state index in [-0.39, 0.29) is 5.97 Å². The van der Waals surface area contributed by atoms with Gasteiger partial charge in [-0.25, -0.2) is 0 Å². The van der Waals surface area contributed by atoms with Gasteiger partial charge in [0.05, 0.1) is 6.61 Å².